The van der Waals surface area contributed by atoms with E-state index in [-0.39, 0.29) is 30.7 Å². The van der Waals surface area contributed by atoms with Crippen LogP contribution in [0.5, 0.6) is 0 Å². The van der Waals surface area contributed by atoms with Gasteiger partial charge >= 0.3 is 5.97 Å². The fourth-order valence-electron chi connectivity index (χ4n) is 1.75. The van der Waals surface area contributed by atoms with Gasteiger partial charge in [-0.15, -0.1) is 0 Å². The van der Waals surface area contributed by atoms with Crippen LogP contribution in [-0.2, 0) is 14.4 Å². The number of hydrogen-bond donors (Lipinski definition) is 1. The average Bonchev–Trinajstić information content (AvgIpc) is 2.20. The minimum absolute atomic E-state index is 0.0617. The number of carboxylic acids is 1. The van der Waals surface area contributed by atoms with Gasteiger partial charge in [0.1, 0.15) is 6.54 Å². The maximum atomic E-state index is 11.8. The van der Waals surface area contributed by atoms with Gasteiger partial charge in [0.25, 0.3) is 0 Å². The average molecular weight is 228 g/mol. The van der Waals surface area contributed by atoms with Crippen molar-refractivity contribution >= 4 is 17.8 Å². The summed E-state index contributed by atoms with van der Waals surface area (Å²) in [7, 11) is 3.14. The molecule has 0 aliphatic carbocycles. The molecule has 1 aliphatic heterocycles. The van der Waals surface area contributed by atoms with Crippen LogP contribution in [0.4, 0.5) is 0 Å². The van der Waals surface area contributed by atoms with Gasteiger partial charge < -0.3 is 14.9 Å². The Morgan fingerprint density at radius 3 is 2.69 bits per heavy atom. The topological polar surface area (TPSA) is 77.9 Å². The maximum absolute atomic E-state index is 11.8. The summed E-state index contributed by atoms with van der Waals surface area (Å²) in [6.07, 6.45) is 0.782. The Balaban J connectivity index is 2.54. The molecule has 6 nitrogen and oxygen atoms in total. The number of hydrogen-bond acceptors (Lipinski definition) is 3. The van der Waals surface area contributed by atoms with Crippen molar-refractivity contribution in [1.82, 2.24) is 9.80 Å². The normalized spacial score (nSPS) is 20.8. The zero-order valence-electron chi connectivity index (χ0n) is 9.47. The van der Waals surface area contributed by atoms with Crippen molar-refractivity contribution in [3.05, 3.63) is 0 Å². The molecular formula is C10H16N2O4. The van der Waals surface area contributed by atoms with Crippen LogP contribution >= 0.6 is 0 Å². The zero-order valence-corrected chi connectivity index (χ0v) is 9.47. The second-order valence-electron chi connectivity index (χ2n) is 4.09. The van der Waals surface area contributed by atoms with Gasteiger partial charge in [-0.2, -0.15) is 0 Å². The predicted octanol–water partition coefficient (Wildman–Crippen LogP) is -0.602. The molecule has 0 spiro atoms. The third-order valence-electron chi connectivity index (χ3n) is 2.76. The van der Waals surface area contributed by atoms with Crippen LogP contribution in [0.1, 0.15) is 12.8 Å². The molecule has 2 amide bonds. The van der Waals surface area contributed by atoms with Crippen molar-refractivity contribution in [2.75, 3.05) is 27.2 Å². The Morgan fingerprint density at radius 1 is 1.56 bits per heavy atom. The lowest BCUT2D eigenvalue weighted by Crippen LogP contribution is -2.43. The molecule has 0 radical (unpaired) electrons. The van der Waals surface area contributed by atoms with Crippen molar-refractivity contribution < 1.29 is 19.5 Å². The van der Waals surface area contributed by atoms with Gasteiger partial charge in [0.2, 0.25) is 11.8 Å². The smallest absolute Gasteiger partial charge is 0.323 e. The Kier molecular flexibility index (Phi) is 3.87. The summed E-state index contributed by atoms with van der Waals surface area (Å²) >= 11 is 0. The molecule has 0 saturated carbocycles. The number of likely N-dealkylation sites (N-methyl/N-ethyl adjacent to an activating group) is 1. The Labute approximate surface area is 93.8 Å². The standard InChI is InChI=1S/C10H16N2O4/c1-11-4-3-7(5-8(11)13)10(16)12(2)6-9(14)15/h7H,3-6H2,1-2H3,(H,14,15). The highest BCUT2D eigenvalue weighted by Gasteiger charge is 2.30. The molecule has 1 atom stereocenters. The van der Waals surface area contributed by atoms with Crippen molar-refractivity contribution in [2.24, 2.45) is 5.92 Å². The van der Waals surface area contributed by atoms with E-state index >= 15 is 0 Å². The molecular weight excluding hydrogens is 212 g/mol. The molecule has 16 heavy (non-hydrogen) atoms. The molecule has 1 aliphatic rings. The molecule has 0 aromatic carbocycles. The van der Waals surface area contributed by atoms with Gasteiger partial charge in [-0.25, -0.2) is 0 Å². The predicted molar refractivity (Wildman–Crippen MR) is 55.6 cm³/mol. The number of carbonyl (C=O) groups is 3. The molecule has 6 heteroatoms. The van der Waals surface area contributed by atoms with Gasteiger partial charge in [-0.3, -0.25) is 14.4 Å². The largest absolute Gasteiger partial charge is 0.480 e. The summed E-state index contributed by atoms with van der Waals surface area (Å²) in [6.45, 7) is 0.232. The van der Waals surface area contributed by atoms with E-state index in [2.05, 4.69) is 0 Å². The number of rotatable bonds is 3. The fraction of sp³-hybridized carbons (Fsp3) is 0.700. The monoisotopic (exact) mass is 228 g/mol. The lowest BCUT2D eigenvalue weighted by molar-refractivity contribution is -0.148. The van der Waals surface area contributed by atoms with E-state index in [0.717, 1.165) is 4.90 Å². The summed E-state index contributed by atoms with van der Waals surface area (Å²) in [5.41, 5.74) is 0. The zero-order chi connectivity index (χ0) is 12.3. The van der Waals surface area contributed by atoms with E-state index in [1.807, 2.05) is 0 Å². The summed E-state index contributed by atoms with van der Waals surface area (Å²) in [4.78, 5) is 36.4. The highest BCUT2D eigenvalue weighted by atomic mass is 16.4. The minimum atomic E-state index is -1.05. The third-order valence-corrected chi connectivity index (χ3v) is 2.76. The van der Waals surface area contributed by atoms with E-state index in [4.69, 9.17) is 5.11 Å². The molecule has 1 N–H and O–H groups in total. The van der Waals surface area contributed by atoms with E-state index in [9.17, 15) is 14.4 Å². The summed E-state index contributed by atoms with van der Waals surface area (Å²) in [6, 6.07) is 0. The lowest BCUT2D eigenvalue weighted by atomic mass is 9.95. The summed E-state index contributed by atoms with van der Waals surface area (Å²) < 4.78 is 0. The Hall–Kier alpha value is -1.59. The lowest BCUT2D eigenvalue weighted by Gasteiger charge is -2.30. The molecule has 0 bridgehead atoms. The molecule has 0 aromatic heterocycles. The minimum Gasteiger partial charge on any atom is -0.480 e. The van der Waals surface area contributed by atoms with Crippen molar-refractivity contribution in [3.8, 4) is 0 Å². The number of likely N-dealkylation sites (tertiary alicyclic amines) is 1. The van der Waals surface area contributed by atoms with Crippen LogP contribution < -0.4 is 0 Å². The number of carboxylic acid groups (broad SMARTS) is 1. The Bertz CT molecular complexity index is 316. The van der Waals surface area contributed by atoms with Crippen LogP contribution in [0.3, 0.4) is 0 Å². The third kappa shape index (κ3) is 2.95. The van der Waals surface area contributed by atoms with Crippen molar-refractivity contribution in [1.29, 1.82) is 0 Å². The second-order valence-corrected chi connectivity index (χ2v) is 4.09. The SMILES string of the molecule is CN1CCC(C(=O)N(C)CC(=O)O)CC1=O. The fourth-order valence-corrected chi connectivity index (χ4v) is 1.75. The molecule has 0 aromatic rings. The van der Waals surface area contributed by atoms with Crippen molar-refractivity contribution in [2.45, 2.75) is 12.8 Å². The number of carbonyl (C=O) groups excluding carboxylic acids is 2. The highest BCUT2D eigenvalue weighted by molar-refractivity contribution is 5.88. The van der Waals surface area contributed by atoms with E-state index in [1.54, 1.807) is 11.9 Å². The number of aliphatic carboxylic acids is 1. The number of nitrogens with zero attached hydrogens (tertiary/aromatic N) is 2. The van der Waals surface area contributed by atoms with E-state index < -0.39 is 5.97 Å². The van der Waals surface area contributed by atoms with Crippen LogP contribution in [0, 0.1) is 5.92 Å². The quantitative estimate of drug-likeness (QED) is 0.699. The van der Waals surface area contributed by atoms with Crippen LogP contribution in [-0.4, -0.2) is 59.9 Å². The van der Waals surface area contributed by atoms with Crippen LogP contribution in [0.15, 0.2) is 0 Å². The molecule has 1 saturated heterocycles. The van der Waals surface area contributed by atoms with Gasteiger partial charge in [-0.05, 0) is 6.42 Å². The molecule has 1 rings (SSSR count). The van der Waals surface area contributed by atoms with Gasteiger partial charge in [-0.1, -0.05) is 0 Å². The number of piperidine rings is 1. The van der Waals surface area contributed by atoms with Gasteiger partial charge in [0, 0.05) is 33.0 Å². The van der Waals surface area contributed by atoms with Crippen LogP contribution in [0.25, 0.3) is 0 Å². The first-order chi connectivity index (χ1) is 7.41. The highest BCUT2D eigenvalue weighted by Crippen LogP contribution is 2.19. The second kappa shape index (κ2) is 4.96. The Morgan fingerprint density at radius 2 is 2.19 bits per heavy atom. The van der Waals surface area contributed by atoms with Gasteiger partial charge in [0.05, 0.1) is 0 Å². The summed E-state index contributed by atoms with van der Waals surface area (Å²) in [5, 5.41) is 8.56. The summed E-state index contributed by atoms with van der Waals surface area (Å²) in [5.74, 6) is -1.74. The van der Waals surface area contributed by atoms with Crippen molar-refractivity contribution in [3.63, 3.8) is 0 Å². The van der Waals surface area contributed by atoms with E-state index in [0.29, 0.717) is 13.0 Å². The van der Waals surface area contributed by atoms with Crippen LogP contribution in [0.2, 0.25) is 0 Å². The van der Waals surface area contributed by atoms with E-state index in [1.165, 1.54) is 7.05 Å². The number of amides is 2. The maximum Gasteiger partial charge on any atom is 0.323 e. The molecule has 1 unspecified atom stereocenters. The molecule has 1 heterocycles. The first-order valence-electron chi connectivity index (χ1n) is 5.12. The molecule has 1 fully saturated rings. The first-order valence-corrected chi connectivity index (χ1v) is 5.12. The first kappa shape index (κ1) is 12.5. The molecule has 90 valence electrons. The van der Waals surface area contributed by atoms with Gasteiger partial charge in [0.15, 0.2) is 0 Å².